The Morgan fingerprint density at radius 1 is 1.11 bits per heavy atom. The molecule has 0 aliphatic carbocycles. The molecule has 0 bridgehead atoms. The molecule has 2 aromatic rings. The SMILES string of the molecule is Cl.O=C(c1ccn(C2CCCNC2)n1)N1CCN(c2ccc(F)cc2)CC1. The molecule has 1 atom stereocenters. The van der Waals surface area contributed by atoms with Gasteiger partial charge in [0.1, 0.15) is 11.5 Å². The van der Waals surface area contributed by atoms with E-state index in [1.165, 1.54) is 12.1 Å². The summed E-state index contributed by atoms with van der Waals surface area (Å²) >= 11 is 0. The maximum absolute atomic E-state index is 13.1. The molecule has 27 heavy (non-hydrogen) atoms. The summed E-state index contributed by atoms with van der Waals surface area (Å²) in [7, 11) is 0. The fourth-order valence-corrected chi connectivity index (χ4v) is 3.70. The Bertz CT molecular complexity index is 752. The highest BCUT2D eigenvalue weighted by Gasteiger charge is 2.25. The first-order valence-corrected chi connectivity index (χ1v) is 9.26. The van der Waals surface area contributed by atoms with E-state index in [1.54, 1.807) is 12.1 Å². The Labute approximate surface area is 164 Å². The zero-order valence-electron chi connectivity index (χ0n) is 15.2. The molecule has 8 heteroatoms. The van der Waals surface area contributed by atoms with E-state index in [-0.39, 0.29) is 24.1 Å². The summed E-state index contributed by atoms with van der Waals surface area (Å²) in [5.41, 5.74) is 1.51. The number of hydrogen-bond donors (Lipinski definition) is 1. The third kappa shape index (κ3) is 4.42. The lowest BCUT2D eigenvalue weighted by Crippen LogP contribution is -2.49. The van der Waals surface area contributed by atoms with Crippen LogP contribution in [0.2, 0.25) is 0 Å². The smallest absolute Gasteiger partial charge is 0.274 e. The van der Waals surface area contributed by atoms with Gasteiger partial charge in [-0.25, -0.2) is 4.39 Å². The van der Waals surface area contributed by atoms with Crippen molar-refractivity contribution in [1.82, 2.24) is 20.0 Å². The molecule has 2 saturated heterocycles. The minimum Gasteiger partial charge on any atom is -0.368 e. The molecule has 4 rings (SSSR count). The standard InChI is InChI=1S/C19H24FN5O.ClH/c20-15-3-5-16(6-4-15)23-10-12-24(13-11-23)19(26)18-7-9-25(22-18)17-2-1-8-21-14-17;/h3-7,9,17,21H,1-2,8,10-14H2;1H. The number of anilines is 1. The number of nitrogens with one attached hydrogen (secondary N) is 1. The zero-order chi connectivity index (χ0) is 17.9. The Kier molecular flexibility index (Phi) is 6.34. The molecule has 1 aromatic heterocycles. The van der Waals surface area contributed by atoms with Crippen molar-refractivity contribution in [3.8, 4) is 0 Å². The molecule has 0 saturated carbocycles. The van der Waals surface area contributed by atoms with Crippen LogP contribution in [0.1, 0.15) is 29.4 Å². The molecule has 2 aliphatic heterocycles. The summed E-state index contributed by atoms with van der Waals surface area (Å²) in [6, 6.07) is 8.67. The van der Waals surface area contributed by atoms with Gasteiger partial charge in [0, 0.05) is 44.6 Å². The fourth-order valence-electron chi connectivity index (χ4n) is 3.70. The number of amides is 1. The number of nitrogens with zero attached hydrogens (tertiary/aromatic N) is 4. The van der Waals surface area contributed by atoms with Crippen LogP contribution in [0.3, 0.4) is 0 Å². The van der Waals surface area contributed by atoms with Gasteiger partial charge in [-0.1, -0.05) is 0 Å². The Balaban J connectivity index is 0.00000210. The average Bonchev–Trinajstić information content (AvgIpc) is 3.19. The lowest BCUT2D eigenvalue weighted by molar-refractivity contribution is 0.0739. The van der Waals surface area contributed by atoms with Gasteiger partial charge in [-0.2, -0.15) is 5.10 Å². The summed E-state index contributed by atoms with van der Waals surface area (Å²) in [5.74, 6) is -0.238. The third-order valence-corrected chi connectivity index (χ3v) is 5.23. The molecule has 3 heterocycles. The fraction of sp³-hybridized carbons (Fsp3) is 0.474. The van der Waals surface area contributed by atoms with Gasteiger partial charge in [0.15, 0.2) is 0 Å². The van der Waals surface area contributed by atoms with Crippen molar-refractivity contribution in [3.05, 3.63) is 48.0 Å². The lowest BCUT2D eigenvalue weighted by Gasteiger charge is -2.35. The highest BCUT2D eigenvalue weighted by Crippen LogP contribution is 2.19. The van der Waals surface area contributed by atoms with E-state index in [0.717, 1.165) is 44.7 Å². The number of carbonyl (C=O) groups excluding carboxylic acids is 1. The average molecular weight is 394 g/mol. The summed E-state index contributed by atoms with van der Waals surface area (Å²) in [4.78, 5) is 16.8. The molecule has 6 nitrogen and oxygen atoms in total. The Morgan fingerprint density at radius 2 is 1.85 bits per heavy atom. The van der Waals surface area contributed by atoms with Gasteiger partial charge in [0.05, 0.1) is 6.04 Å². The van der Waals surface area contributed by atoms with Crippen molar-refractivity contribution in [2.24, 2.45) is 0 Å². The van der Waals surface area contributed by atoms with Gasteiger partial charge in [-0.3, -0.25) is 9.48 Å². The molecule has 146 valence electrons. The van der Waals surface area contributed by atoms with Crippen molar-refractivity contribution in [3.63, 3.8) is 0 Å². The second-order valence-corrected chi connectivity index (χ2v) is 6.94. The normalized spacial score (nSPS) is 20.3. The van der Waals surface area contributed by atoms with E-state index >= 15 is 0 Å². The first-order chi connectivity index (χ1) is 12.7. The largest absolute Gasteiger partial charge is 0.368 e. The molecule has 1 unspecified atom stereocenters. The summed E-state index contributed by atoms with van der Waals surface area (Å²) in [6.45, 7) is 4.74. The van der Waals surface area contributed by atoms with E-state index in [9.17, 15) is 9.18 Å². The van der Waals surface area contributed by atoms with Crippen LogP contribution < -0.4 is 10.2 Å². The number of piperidine rings is 1. The van der Waals surface area contributed by atoms with Crippen molar-refractivity contribution >= 4 is 24.0 Å². The number of piperazine rings is 1. The summed E-state index contributed by atoms with van der Waals surface area (Å²) in [5, 5.41) is 7.90. The van der Waals surface area contributed by atoms with Gasteiger partial charge < -0.3 is 15.1 Å². The number of aromatic nitrogens is 2. The van der Waals surface area contributed by atoms with Gasteiger partial charge in [-0.05, 0) is 49.7 Å². The molecule has 2 fully saturated rings. The molecule has 0 spiro atoms. The number of halogens is 2. The topological polar surface area (TPSA) is 53.4 Å². The quantitative estimate of drug-likeness (QED) is 0.869. The first kappa shape index (κ1) is 19.6. The minimum atomic E-state index is -0.230. The van der Waals surface area contributed by atoms with Crippen molar-refractivity contribution in [2.45, 2.75) is 18.9 Å². The van der Waals surface area contributed by atoms with Crippen LogP contribution in [0, 0.1) is 5.82 Å². The van der Waals surface area contributed by atoms with Crippen LogP contribution in [0.4, 0.5) is 10.1 Å². The Hall–Kier alpha value is -2.12. The predicted molar refractivity (Wildman–Crippen MR) is 105 cm³/mol. The van der Waals surface area contributed by atoms with E-state index in [2.05, 4.69) is 15.3 Å². The van der Waals surface area contributed by atoms with Crippen LogP contribution in [-0.4, -0.2) is 59.9 Å². The van der Waals surface area contributed by atoms with Gasteiger partial charge in [0.25, 0.3) is 5.91 Å². The number of rotatable bonds is 3. The van der Waals surface area contributed by atoms with E-state index in [4.69, 9.17) is 0 Å². The monoisotopic (exact) mass is 393 g/mol. The van der Waals surface area contributed by atoms with E-state index < -0.39 is 0 Å². The maximum atomic E-state index is 13.1. The van der Waals surface area contributed by atoms with Crippen molar-refractivity contribution < 1.29 is 9.18 Å². The second kappa shape index (κ2) is 8.71. The molecular formula is C19H25ClFN5O. The number of carbonyl (C=O) groups is 1. The third-order valence-electron chi connectivity index (χ3n) is 5.23. The van der Waals surface area contributed by atoms with Crippen LogP contribution in [-0.2, 0) is 0 Å². The molecule has 1 aromatic carbocycles. The minimum absolute atomic E-state index is 0. The lowest BCUT2D eigenvalue weighted by atomic mass is 10.1. The number of benzene rings is 1. The Morgan fingerprint density at radius 3 is 2.52 bits per heavy atom. The van der Waals surface area contributed by atoms with Crippen molar-refractivity contribution in [2.75, 3.05) is 44.2 Å². The first-order valence-electron chi connectivity index (χ1n) is 9.26. The van der Waals surface area contributed by atoms with E-state index in [1.807, 2.05) is 21.8 Å². The van der Waals surface area contributed by atoms with E-state index in [0.29, 0.717) is 24.8 Å². The maximum Gasteiger partial charge on any atom is 0.274 e. The van der Waals surface area contributed by atoms with Crippen LogP contribution in [0.5, 0.6) is 0 Å². The zero-order valence-corrected chi connectivity index (χ0v) is 16.0. The van der Waals surface area contributed by atoms with Crippen LogP contribution in [0.15, 0.2) is 36.5 Å². The molecule has 1 amide bonds. The highest BCUT2D eigenvalue weighted by atomic mass is 35.5. The molecular weight excluding hydrogens is 369 g/mol. The molecule has 0 radical (unpaired) electrons. The molecule has 2 aliphatic rings. The van der Waals surface area contributed by atoms with Crippen LogP contribution in [0.25, 0.3) is 0 Å². The second-order valence-electron chi connectivity index (χ2n) is 6.94. The van der Waals surface area contributed by atoms with Crippen LogP contribution >= 0.6 is 12.4 Å². The summed E-state index contributed by atoms with van der Waals surface area (Å²) < 4.78 is 15.0. The summed E-state index contributed by atoms with van der Waals surface area (Å²) in [6.07, 6.45) is 4.15. The van der Waals surface area contributed by atoms with Gasteiger partial charge in [-0.15, -0.1) is 12.4 Å². The highest BCUT2D eigenvalue weighted by molar-refractivity contribution is 5.92. The van der Waals surface area contributed by atoms with Gasteiger partial charge >= 0.3 is 0 Å². The van der Waals surface area contributed by atoms with Crippen molar-refractivity contribution in [1.29, 1.82) is 0 Å². The predicted octanol–water partition coefficient (Wildman–Crippen LogP) is 2.33. The van der Waals surface area contributed by atoms with Gasteiger partial charge in [0.2, 0.25) is 0 Å². The number of hydrogen-bond acceptors (Lipinski definition) is 4. The molecule has 1 N–H and O–H groups in total.